The van der Waals surface area contributed by atoms with Crippen LogP contribution in [0.3, 0.4) is 0 Å². The number of rotatable bonds is 4. The van der Waals surface area contributed by atoms with Gasteiger partial charge in [-0.1, -0.05) is 0 Å². The van der Waals surface area contributed by atoms with Crippen LogP contribution in [0.1, 0.15) is 29.3 Å². The van der Waals surface area contributed by atoms with Crippen molar-refractivity contribution in [2.24, 2.45) is 0 Å². The van der Waals surface area contributed by atoms with Gasteiger partial charge in [-0.25, -0.2) is 9.59 Å². The Labute approximate surface area is 91.8 Å². The van der Waals surface area contributed by atoms with E-state index in [0.717, 1.165) is 0 Å². The van der Waals surface area contributed by atoms with E-state index in [4.69, 9.17) is 4.42 Å². The number of carbonyl (C=O) groups is 2. The van der Waals surface area contributed by atoms with Gasteiger partial charge in [0.05, 0.1) is 13.7 Å². The molecule has 0 fully saturated rings. The first-order chi connectivity index (χ1) is 7.60. The highest BCUT2D eigenvalue weighted by Gasteiger charge is 2.23. The molecule has 88 valence electrons. The molecule has 0 saturated heterocycles. The molecule has 1 heterocycles. The number of ether oxygens (including phenoxy) is 2. The van der Waals surface area contributed by atoms with E-state index in [0.29, 0.717) is 0 Å². The molecule has 0 bridgehead atoms. The van der Waals surface area contributed by atoms with Gasteiger partial charge >= 0.3 is 11.9 Å². The summed E-state index contributed by atoms with van der Waals surface area (Å²) in [6.45, 7) is 1.77. The van der Waals surface area contributed by atoms with Gasteiger partial charge in [0.25, 0.3) is 0 Å². The van der Waals surface area contributed by atoms with Crippen molar-refractivity contribution in [2.45, 2.75) is 13.0 Å². The Morgan fingerprint density at radius 3 is 2.75 bits per heavy atom. The number of methoxy groups -OCH3 is 1. The second-order valence-corrected chi connectivity index (χ2v) is 2.85. The highest BCUT2D eigenvalue weighted by atomic mass is 16.6. The van der Waals surface area contributed by atoms with Crippen LogP contribution in [0, 0.1) is 0 Å². The summed E-state index contributed by atoms with van der Waals surface area (Å²) in [4.78, 5) is 22.2. The van der Waals surface area contributed by atoms with E-state index in [1.54, 1.807) is 6.92 Å². The molecule has 1 unspecified atom stereocenters. The van der Waals surface area contributed by atoms with E-state index in [2.05, 4.69) is 9.47 Å². The summed E-state index contributed by atoms with van der Waals surface area (Å²) in [7, 11) is 1.20. The van der Waals surface area contributed by atoms with Crippen molar-refractivity contribution in [2.75, 3.05) is 13.7 Å². The average Bonchev–Trinajstić information content (AvgIpc) is 2.76. The molecule has 1 rings (SSSR count). The monoisotopic (exact) mass is 228 g/mol. The highest BCUT2D eigenvalue weighted by molar-refractivity contribution is 5.86. The number of furan rings is 1. The SMILES string of the molecule is CCOC(=O)C(O)c1ccc(C(=O)OC)o1. The number of carbonyl (C=O) groups excluding carboxylic acids is 2. The Balaban J connectivity index is 2.77. The van der Waals surface area contributed by atoms with Crippen LogP contribution < -0.4 is 0 Å². The molecule has 0 saturated carbocycles. The minimum atomic E-state index is -1.53. The maximum absolute atomic E-state index is 11.1. The smallest absolute Gasteiger partial charge is 0.373 e. The van der Waals surface area contributed by atoms with Gasteiger partial charge in [0.1, 0.15) is 5.76 Å². The third-order valence-corrected chi connectivity index (χ3v) is 1.79. The largest absolute Gasteiger partial charge is 0.464 e. The van der Waals surface area contributed by atoms with Crippen LogP contribution >= 0.6 is 0 Å². The van der Waals surface area contributed by atoms with Crippen LogP contribution in [0.25, 0.3) is 0 Å². The van der Waals surface area contributed by atoms with E-state index in [1.165, 1.54) is 19.2 Å². The lowest BCUT2D eigenvalue weighted by atomic mass is 10.3. The number of esters is 2. The van der Waals surface area contributed by atoms with E-state index < -0.39 is 18.0 Å². The van der Waals surface area contributed by atoms with Gasteiger partial charge in [0.15, 0.2) is 0 Å². The quantitative estimate of drug-likeness (QED) is 0.762. The van der Waals surface area contributed by atoms with Crippen molar-refractivity contribution in [1.29, 1.82) is 0 Å². The van der Waals surface area contributed by atoms with Crippen LogP contribution in [0.15, 0.2) is 16.5 Å². The molecule has 0 aliphatic rings. The maximum atomic E-state index is 11.1. The third kappa shape index (κ3) is 2.60. The first-order valence-corrected chi connectivity index (χ1v) is 4.63. The Bertz CT molecular complexity index is 380. The zero-order chi connectivity index (χ0) is 12.1. The molecular weight excluding hydrogens is 216 g/mol. The molecule has 0 aliphatic heterocycles. The first kappa shape index (κ1) is 12.3. The summed E-state index contributed by atoms with van der Waals surface area (Å²) in [5, 5.41) is 9.47. The number of hydrogen-bond donors (Lipinski definition) is 1. The first-order valence-electron chi connectivity index (χ1n) is 4.63. The van der Waals surface area contributed by atoms with Gasteiger partial charge in [-0.2, -0.15) is 0 Å². The summed E-state index contributed by atoms with van der Waals surface area (Å²) in [6.07, 6.45) is -1.53. The van der Waals surface area contributed by atoms with Crippen molar-refractivity contribution in [3.8, 4) is 0 Å². The Kier molecular flexibility index (Phi) is 4.07. The van der Waals surface area contributed by atoms with Crippen LogP contribution in [-0.4, -0.2) is 30.8 Å². The molecule has 0 radical (unpaired) electrons. The molecule has 1 atom stereocenters. The Hall–Kier alpha value is -1.82. The maximum Gasteiger partial charge on any atom is 0.373 e. The zero-order valence-electron chi connectivity index (χ0n) is 8.93. The second kappa shape index (κ2) is 5.32. The van der Waals surface area contributed by atoms with Gasteiger partial charge in [-0.3, -0.25) is 0 Å². The molecule has 1 N–H and O–H groups in total. The summed E-state index contributed by atoms with van der Waals surface area (Å²) < 4.78 is 13.9. The molecule has 6 nitrogen and oxygen atoms in total. The summed E-state index contributed by atoms with van der Waals surface area (Å²) in [5.74, 6) is -1.64. The highest BCUT2D eigenvalue weighted by Crippen LogP contribution is 2.18. The molecule has 0 aliphatic carbocycles. The van der Waals surface area contributed by atoms with E-state index in [1.807, 2.05) is 0 Å². The van der Waals surface area contributed by atoms with Crippen molar-refractivity contribution in [1.82, 2.24) is 0 Å². The molecule has 6 heteroatoms. The van der Waals surface area contributed by atoms with Crippen molar-refractivity contribution < 1.29 is 28.6 Å². The number of hydrogen-bond acceptors (Lipinski definition) is 6. The lowest BCUT2D eigenvalue weighted by Crippen LogP contribution is -2.14. The zero-order valence-corrected chi connectivity index (χ0v) is 8.93. The number of aliphatic hydroxyl groups excluding tert-OH is 1. The topological polar surface area (TPSA) is 86.0 Å². The normalized spacial score (nSPS) is 11.9. The lowest BCUT2D eigenvalue weighted by Gasteiger charge is -2.06. The Morgan fingerprint density at radius 2 is 2.19 bits per heavy atom. The predicted octanol–water partition coefficient (Wildman–Crippen LogP) is 0.663. The Morgan fingerprint density at radius 1 is 1.50 bits per heavy atom. The molecular formula is C10H12O6. The average molecular weight is 228 g/mol. The van der Waals surface area contributed by atoms with Crippen LogP contribution in [0.2, 0.25) is 0 Å². The molecule has 1 aromatic rings. The van der Waals surface area contributed by atoms with Gasteiger partial charge in [0.2, 0.25) is 11.9 Å². The van der Waals surface area contributed by atoms with Crippen molar-refractivity contribution in [3.63, 3.8) is 0 Å². The summed E-state index contributed by atoms with van der Waals surface area (Å²) >= 11 is 0. The van der Waals surface area contributed by atoms with Gasteiger partial charge in [-0.15, -0.1) is 0 Å². The lowest BCUT2D eigenvalue weighted by molar-refractivity contribution is -0.154. The molecule has 0 amide bonds. The fourth-order valence-electron chi connectivity index (χ4n) is 1.05. The fraction of sp³-hybridized carbons (Fsp3) is 0.400. The van der Waals surface area contributed by atoms with E-state index >= 15 is 0 Å². The third-order valence-electron chi connectivity index (χ3n) is 1.79. The van der Waals surface area contributed by atoms with Crippen LogP contribution in [0.5, 0.6) is 0 Å². The fourth-order valence-corrected chi connectivity index (χ4v) is 1.05. The predicted molar refractivity (Wildman–Crippen MR) is 51.6 cm³/mol. The van der Waals surface area contributed by atoms with Crippen LogP contribution in [0.4, 0.5) is 0 Å². The van der Waals surface area contributed by atoms with Crippen LogP contribution in [-0.2, 0) is 14.3 Å². The van der Waals surface area contributed by atoms with Gasteiger partial charge in [0, 0.05) is 0 Å². The summed E-state index contributed by atoms with van der Waals surface area (Å²) in [5.41, 5.74) is 0. The van der Waals surface area contributed by atoms with E-state index in [9.17, 15) is 14.7 Å². The second-order valence-electron chi connectivity index (χ2n) is 2.85. The molecule has 16 heavy (non-hydrogen) atoms. The molecule has 1 aromatic heterocycles. The van der Waals surface area contributed by atoms with Gasteiger partial charge in [-0.05, 0) is 19.1 Å². The standard InChI is InChI=1S/C10H12O6/c1-3-15-10(13)8(11)6-4-5-7(16-6)9(12)14-2/h4-5,8,11H,3H2,1-2H3. The molecule has 0 aromatic carbocycles. The minimum Gasteiger partial charge on any atom is -0.464 e. The van der Waals surface area contributed by atoms with Crippen molar-refractivity contribution in [3.05, 3.63) is 23.7 Å². The van der Waals surface area contributed by atoms with E-state index in [-0.39, 0.29) is 18.1 Å². The molecule has 0 spiro atoms. The minimum absolute atomic E-state index is 0.0566. The number of aliphatic hydroxyl groups is 1. The van der Waals surface area contributed by atoms with Crippen molar-refractivity contribution >= 4 is 11.9 Å². The van der Waals surface area contributed by atoms with Gasteiger partial charge < -0.3 is 19.0 Å². The summed E-state index contributed by atoms with van der Waals surface area (Å²) in [6, 6.07) is 2.62.